The van der Waals surface area contributed by atoms with Crippen LogP contribution in [-0.2, 0) is 10.0 Å². The van der Waals surface area contributed by atoms with Crippen LogP contribution in [0.25, 0.3) is 0 Å². The average molecular weight is 299 g/mol. The normalized spacial score (nSPS) is 21.9. The fourth-order valence-corrected chi connectivity index (χ4v) is 4.81. The lowest BCUT2D eigenvalue weighted by Crippen LogP contribution is -2.48. The summed E-state index contributed by atoms with van der Waals surface area (Å²) >= 11 is 0. The van der Waals surface area contributed by atoms with Crippen LogP contribution in [0.3, 0.4) is 0 Å². The predicted octanol–water partition coefficient (Wildman–Crippen LogP) is 1.99. The van der Waals surface area contributed by atoms with Gasteiger partial charge in [0, 0.05) is 19.1 Å². The molecule has 0 aliphatic carbocycles. The smallest absolute Gasteiger partial charge is 0.214 e. The fraction of sp³-hybridized carbons (Fsp3) is 1.00. The second-order valence-corrected chi connectivity index (χ2v) is 6.92. The largest absolute Gasteiger partial charge is 0.329 e. The third-order valence-corrected chi connectivity index (χ3v) is 5.89. The maximum absolute atomic E-state index is 12.4. The van der Waals surface area contributed by atoms with Crippen molar-refractivity contribution >= 4 is 22.4 Å². The molecular weight excluding hydrogens is 272 g/mol. The van der Waals surface area contributed by atoms with E-state index in [9.17, 15) is 8.42 Å². The molecule has 0 spiro atoms. The van der Waals surface area contributed by atoms with E-state index in [1.165, 1.54) is 0 Å². The third kappa shape index (κ3) is 4.68. The molecule has 1 aliphatic heterocycles. The number of nitrogens with zero attached hydrogens (tertiary/aromatic N) is 1. The van der Waals surface area contributed by atoms with Crippen molar-refractivity contribution in [2.75, 3.05) is 18.8 Å². The first-order valence-electron chi connectivity index (χ1n) is 6.74. The highest BCUT2D eigenvalue weighted by atomic mass is 35.5. The highest BCUT2D eigenvalue weighted by Crippen LogP contribution is 2.22. The van der Waals surface area contributed by atoms with Crippen LogP contribution in [0.15, 0.2) is 0 Å². The zero-order valence-electron chi connectivity index (χ0n) is 11.5. The molecule has 1 fully saturated rings. The Kier molecular flexibility index (Phi) is 8.43. The third-order valence-electron chi connectivity index (χ3n) is 3.80. The maximum atomic E-state index is 12.4. The Bertz CT molecular complexity index is 318. The van der Waals surface area contributed by atoms with Gasteiger partial charge >= 0.3 is 0 Å². The minimum Gasteiger partial charge on any atom is -0.329 e. The van der Waals surface area contributed by atoms with Crippen LogP contribution >= 0.6 is 12.4 Å². The van der Waals surface area contributed by atoms with E-state index in [1.54, 1.807) is 4.31 Å². The van der Waals surface area contributed by atoms with Gasteiger partial charge in [0.05, 0.1) is 5.75 Å². The van der Waals surface area contributed by atoms with Gasteiger partial charge in [-0.1, -0.05) is 33.1 Å². The van der Waals surface area contributed by atoms with Crippen molar-refractivity contribution < 1.29 is 8.42 Å². The van der Waals surface area contributed by atoms with Crippen LogP contribution in [-0.4, -0.2) is 37.6 Å². The zero-order valence-corrected chi connectivity index (χ0v) is 13.1. The van der Waals surface area contributed by atoms with Crippen molar-refractivity contribution in [2.24, 2.45) is 11.7 Å². The summed E-state index contributed by atoms with van der Waals surface area (Å²) in [5.74, 6) is 0.566. The van der Waals surface area contributed by atoms with E-state index in [0.717, 1.165) is 32.1 Å². The first-order valence-corrected chi connectivity index (χ1v) is 8.35. The van der Waals surface area contributed by atoms with Crippen LogP contribution in [0.5, 0.6) is 0 Å². The monoisotopic (exact) mass is 298 g/mol. The number of piperidine rings is 1. The van der Waals surface area contributed by atoms with Crippen LogP contribution < -0.4 is 5.73 Å². The zero-order chi connectivity index (χ0) is 12.9. The van der Waals surface area contributed by atoms with Gasteiger partial charge in [-0.15, -0.1) is 12.4 Å². The highest BCUT2D eigenvalue weighted by molar-refractivity contribution is 7.89. The Morgan fingerprint density at radius 2 is 1.89 bits per heavy atom. The van der Waals surface area contributed by atoms with Gasteiger partial charge in [-0.3, -0.25) is 0 Å². The lowest BCUT2D eigenvalue weighted by atomic mass is 10.1. The molecule has 6 heteroatoms. The Morgan fingerprint density at radius 1 is 1.28 bits per heavy atom. The average Bonchev–Trinajstić information content (AvgIpc) is 2.35. The van der Waals surface area contributed by atoms with Gasteiger partial charge in [-0.2, -0.15) is 4.31 Å². The SMILES string of the molecule is CCC(CC)CS(=O)(=O)N1CCCCC1CN.Cl. The van der Waals surface area contributed by atoms with Crippen LogP contribution in [0.2, 0.25) is 0 Å². The van der Waals surface area contributed by atoms with E-state index in [0.29, 0.717) is 13.1 Å². The first-order chi connectivity index (χ1) is 8.05. The summed E-state index contributed by atoms with van der Waals surface area (Å²) in [5.41, 5.74) is 5.68. The molecule has 1 atom stereocenters. The summed E-state index contributed by atoms with van der Waals surface area (Å²) in [6.45, 7) is 5.22. The van der Waals surface area contributed by atoms with Crippen molar-refractivity contribution in [3.05, 3.63) is 0 Å². The van der Waals surface area contributed by atoms with E-state index in [2.05, 4.69) is 13.8 Å². The molecular formula is C12H27ClN2O2S. The molecule has 1 unspecified atom stereocenters. The minimum absolute atomic E-state index is 0. The summed E-state index contributed by atoms with van der Waals surface area (Å²) in [7, 11) is -3.11. The van der Waals surface area contributed by atoms with E-state index >= 15 is 0 Å². The number of nitrogens with two attached hydrogens (primary N) is 1. The van der Waals surface area contributed by atoms with Gasteiger partial charge in [0.25, 0.3) is 0 Å². The standard InChI is InChI=1S/C12H26N2O2S.ClH/c1-3-11(4-2)10-17(15,16)14-8-6-5-7-12(14)9-13;/h11-12H,3-10,13H2,1-2H3;1H. The quantitative estimate of drug-likeness (QED) is 0.815. The molecule has 0 saturated carbocycles. The molecule has 1 heterocycles. The van der Waals surface area contributed by atoms with Gasteiger partial charge in [-0.25, -0.2) is 8.42 Å². The maximum Gasteiger partial charge on any atom is 0.214 e. The molecule has 4 nitrogen and oxygen atoms in total. The van der Waals surface area contributed by atoms with Gasteiger partial charge < -0.3 is 5.73 Å². The summed E-state index contributed by atoms with van der Waals surface area (Å²) in [4.78, 5) is 0. The Balaban J connectivity index is 0.00000289. The summed E-state index contributed by atoms with van der Waals surface area (Å²) < 4.78 is 26.4. The fourth-order valence-electron chi connectivity index (χ4n) is 2.49. The number of sulfonamides is 1. The van der Waals surface area contributed by atoms with E-state index in [1.807, 2.05) is 0 Å². The topological polar surface area (TPSA) is 63.4 Å². The Hall–Kier alpha value is 0.160. The molecule has 1 saturated heterocycles. The molecule has 0 aromatic rings. The van der Waals surface area contributed by atoms with Crippen LogP contribution in [0, 0.1) is 5.92 Å². The Labute approximate surface area is 118 Å². The van der Waals surface area contributed by atoms with Crippen molar-refractivity contribution in [3.63, 3.8) is 0 Å². The molecule has 0 aromatic carbocycles. The molecule has 0 radical (unpaired) electrons. The van der Waals surface area contributed by atoms with E-state index in [4.69, 9.17) is 5.73 Å². The summed E-state index contributed by atoms with van der Waals surface area (Å²) in [5, 5.41) is 0. The van der Waals surface area contributed by atoms with Crippen LogP contribution in [0.1, 0.15) is 46.0 Å². The minimum atomic E-state index is -3.11. The molecule has 110 valence electrons. The van der Waals surface area contributed by atoms with Gasteiger partial charge in [0.15, 0.2) is 0 Å². The van der Waals surface area contributed by atoms with Crippen molar-refractivity contribution in [2.45, 2.75) is 52.0 Å². The second kappa shape index (κ2) is 8.35. The second-order valence-electron chi connectivity index (χ2n) is 4.96. The Morgan fingerprint density at radius 3 is 2.39 bits per heavy atom. The predicted molar refractivity (Wildman–Crippen MR) is 78.5 cm³/mol. The summed E-state index contributed by atoms with van der Waals surface area (Å²) in [6, 6.07) is 0.0307. The van der Waals surface area contributed by atoms with Crippen molar-refractivity contribution in [3.8, 4) is 0 Å². The van der Waals surface area contributed by atoms with Gasteiger partial charge in [0.2, 0.25) is 10.0 Å². The summed E-state index contributed by atoms with van der Waals surface area (Å²) in [6.07, 6.45) is 4.84. The molecule has 0 amide bonds. The van der Waals surface area contributed by atoms with E-state index < -0.39 is 10.0 Å². The molecule has 2 N–H and O–H groups in total. The van der Waals surface area contributed by atoms with Gasteiger partial charge in [0.1, 0.15) is 0 Å². The number of hydrogen-bond donors (Lipinski definition) is 1. The number of rotatable bonds is 6. The molecule has 0 bridgehead atoms. The lowest BCUT2D eigenvalue weighted by molar-refractivity contribution is 0.255. The molecule has 0 aromatic heterocycles. The highest BCUT2D eigenvalue weighted by Gasteiger charge is 2.32. The molecule has 1 rings (SSSR count). The van der Waals surface area contributed by atoms with Crippen LogP contribution in [0.4, 0.5) is 0 Å². The molecule has 1 aliphatic rings. The lowest BCUT2D eigenvalue weighted by Gasteiger charge is -2.34. The van der Waals surface area contributed by atoms with E-state index in [-0.39, 0.29) is 30.1 Å². The van der Waals surface area contributed by atoms with Crippen molar-refractivity contribution in [1.82, 2.24) is 4.31 Å². The first kappa shape index (κ1) is 18.2. The van der Waals surface area contributed by atoms with Gasteiger partial charge in [-0.05, 0) is 18.8 Å². The number of hydrogen-bond acceptors (Lipinski definition) is 3. The molecule has 18 heavy (non-hydrogen) atoms. The number of halogens is 1. The van der Waals surface area contributed by atoms with Crippen molar-refractivity contribution in [1.29, 1.82) is 0 Å².